The first kappa shape index (κ1) is 17.1. The highest BCUT2D eigenvalue weighted by Crippen LogP contribution is 2.61. The molecule has 0 aliphatic heterocycles. The standard InChI is InChI=1S/C25H31NO2/c1-15(25-11-16-5-17(12-25)7-18(6-16)13-25)26-24(27)10-21-14-28-23-9-20-4-2-3-19(20)8-22(21)23/h8-9,14-18H,2-7,10-13H2,1H3,(H,26,27)/t15-,16?,17?,18?,25?/m0/s1. The Hall–Kier alpha value is -1.77. The maximum Gasteiger partial charge on any atom is 0.224 e. The maximum absolute atomic E-state index is 12.9. The molecule has 5 aliphatic rings. The van der Waals surface area contributed by atoms with Crippen LogP contribution >= 0.6 is 0 Å². The average Bonchev–Trinajstić information content (AvgIpc) is 3.25. The third kappa shape index (κ3) is 2.65. The zero-order valence-electron chi connectivity index (χ0n) is 16.9. The Balaban J connectivity index is 1.18. The van der Waals surface area contributed by atoms with E-state index in [2.05, 4.69) is 24.4 Å². The number of aryl methyl sites for hydroxylation is 2. The number of carbonyl (C=O) groups excluding carboxylic acids is 1. The van der Waals surface area contributed by atoms with E-state index in [9.17, 15) is 4.79 Å². The number of hydrogen-bond acceptors (Lipinski definition) is 2. The molecule has 2 aromatic rings. The van der Waals surface area contributed by atoms with E-state index in [1.807, 2.05) is 0 Å². The molecule has 1 N–H and O–H groups in total. The predicted octanol–water partition coefficient (Wildman–Crippen LogP) is 5.19. The largest absolute Gasteiger partial charge is 0.464 e. The molecule has 4 bridgehead atoms. The Morgan fingerprint density at radius 1 is 1.11 bits per heavy atom. The average molecular weight is 378 g/mol. The molecule has 3 heteroatoms. The van der Waals surface area contributed by atoms with E-state index < -0.39 is 0 Å². The van der Waals surface area contributed by atoms with Gasteiger partial charge in [0.25, 0.3) is 0 Å². The number of rotatable bonds is 4. The Morgan fingerprint density at radius 3 is 2.43 bits per heavy atom. The van der Waals surface area contributed by atoms with Gasteiger partial charge in [0.05, 0.1) is 12.7 Å². The SMILES string of the molecule is C[C@H](NC(=O)Cc1coc2cc3c(cc12)CCC3)C12CC3CC(CC(C3)C1)C2. The molecule has 1 aromatic carbocycles. The lowest BCUT2D eigenvalue weighted by molar-refractivity contribution is -0.125. The summed E-state index contributed by atoms with van der Waals surface area (Å²) < 4.78 is 5.80. The Labute approximate surface area is 167 Å². The molecule has 1 aromatic heterocycles. The molecule has 0 radical (unpaired) electrons. The van der Waals surface area contributed by atoms with Gasteiger partial charge in [0.1, 0.15) is 5.58 Å². The lowest BCUT2D eigenvalue weighted by Gasteiger charge is -2.59. The number of nitrogens with one attached hydrogen (secondary N) is 1. The molecule has 28 heavy (non-hydrogen) atoms. The van der Waals surface area contributed by atoms with Crippen LogP contribution in [-0.2, 0) is 24.1 Å². The first-order chi connectivity index (χ1) is 13.6. The van der Waals surface area contributed by atoms with Crippen LogP contribution in [0, 0.1) is 23.2 Å². The Morgan fingerprint density at radius 2 is 1.75 bits per heavy atom. The van der Waals surface area contributed by atoms with Crippen LogP contribution in [0.25, 0.3) is 11.0 Å². The normalized spacial score (nSPS) is 34.0. The van der Waals surface area contributed by atoms with Crippen LogP contribution in [0.5, 0.6) is 0 Å². The van der Waals surface area contributed by atoms with E-state index in [0.717, 1.165) is 47.1 Å². The van der Waals surface area contributed by atoms with E-state index in [-0.39, 0.29) is 11.9 Å². The van der Waals surface area contributed by atoms with E-state index >= 15 is 0 Å². The number of amides is 1. The smallest absolute Gasteiger partial charge is 0.224 e. The first-order valence-electron chi connectivity index (χ1n) is 11.4. The molecule has 4 saturated carbocycles. The van der Waals surface area contributed by atoms with Crippen LogP contribution in [0.3, 0.4) is 0 Å². The second-order valence-corrected chi connectivity index (χ2v) is 10.5. The zero-order chi connectivity index (χ0) is 18.9. The summed E-state index contributed by atoms with van der Waals surface area (Å²) in [5.74, 6) is 2.92. The summed E-state index contributed by atoms with van der Waals surface area (Å²) in [5, 5.41) is 4.55. The molecule has 1 heterocycles. The van der Waals surface area contributed by atoms with E-state index in [1.165, 1.54) is 56.1 Å². The molecule has 5 aliphatic carbocycles. The van der Waals surface area contributed by atoms with Gasteiger partial charge >= 0.3 is 0 Å². The van der Waals surface area contributed by atoms with Crippen molar-refractivity contribution in [2.75, 3.05) is 0 Å². The minimum atomic E-state index is 0.159. The molecule has 0 saturated heterocycles. The fraction of sp³-hybridized carbons (Fsp3) is 0.640. The van der Waals surface area contributed by atoms with Crippen LogP contribution in [0.4, 0.5) is 0 Å². The molecule has 0 spiro atoms. The lowest BCUT2D eigenvalue weighted by Crippen LogP contribution is -2.56. The Bertz CT molecular complexity index is 904. The summed E-state index contributed by atoms with van der Waals surface area (Å²) in [5.41, 5.74) is 5.22. The van der Waals surface area contributed by atoms with Gasteiger partial charge in [0.15, 0.2) is 0 Å². The van der Waals surface area contributed by atoms with Crippen LogP contribution in [0.2, 0.25) is 0 Å². The van der Waals surface area contributed by atoms with Crippen molar-refractivity contribution in [3.05, 3.63) is 35.1 Å². The molecule has 1 amide bonds. The minimum Gasteiger partial charge on any atom is -0.464 e. The second kappa shape index (κ2) is 6.11. The molecule has 7 rings (SSSR count). The van der Waals surface area contributed by atoms with Gasteiger partial charge in [-0.1, -0.05) is 0 Å². The van der Waals surface area contributed by atoms with Gasteiger partial charge in [-0.15, -0.1) is 0 Å². The van der Waals surface area contributed by atoms with E-state index in [4.69, 9.17) is 4.42 Å². The monoisotopic (exact) mass is 377 g/mol. The third-order valence-electron chi connectivity index (χ3n) is 8.60. The fourth-order valence-electron chi connectivity index (χ4n) is 7.61. The highest BCUT2D eigenvalue weighted by Gasteiger charge is 2.53. The number of benzene rings is 1. The summed E-state index contributed by atoms with van der Waals surface area (Å²) in [4.78, 5) is 12.9. The molecular weight excluding hydrogens is 346 g/mol. The fourth-order valence-corrected chi connectivity index (χ4v) is 7.61. The first-order valence-corrected chi connectivity index (χ1v) is 11.4. The van der Waals surface area contributed by atoms with Crippen LogP contribution in [-0.4, -0.2) is 11.9 Å². The molecule has 1 atom stereocenters. The molecular formula is C25H31NO2. The Kier molecular flexibility index (Phi) is 3.74. The molecule has 4 fully saturated rings. The van der Waals surface area contributed by atoms with Gasteiger partial charge in [-0.25, -0.2) is 0 Å². The van der Waals surface area contributed by atoms with Gasteiger partial charge in [-0.05, 0) is 111 Å². The van der Waals surface area contributed by atoms with Crippen molar-refractivity contribution in [1.82, 2.24) is 5.32 Å². The number of furan rings is 1. The van der Waals surface area contributed by atoms with E-state index in [0.29, 0.717) is 11.8 Å². The van der Waals surface area contributed by atoms with Crippen molar-refractivity contribution in [2.24, 2.45) is 23.2 Å². The topological polar surface area (TPSA) is 42.2 Å². The lowest BCUT2D eigenvalue weighted by atomic mass is 9.48. The van der Waals surface area contributed by atoms with Crippen molar-refractivity contribution in [2.45, 2.75) is 77.2 Å². The van der Waals surface area contributed by atoms with E-state index in [1.54, 1.807) is 6.26 Å². The minimum absolute atomic E-state index is 0.159. The van der Waals surface area contributed by atoms with Crippen molar-refractivity contribution in [3.8, 4) is 0 Å². The van der Waals surface area contributed by atoms with Crippen molar-refractivity contribution in [1.29, 1.82) is 0 Å². The molecule has 3 nitrogen and oxygen atoms in total. The van der Waals surface area contributed by atoms with Crippen molar-refractivity contribution < 1.29 is 9.21 Å². The number of hydrogen-bond donors (Lipinski definition) is 1. The van der Waals surface area contributed by atoms with Gasteiger partial charge in [0.2, 0.25) is 5.91 Å². The zero-order valence-corrected chi connectivity index (χ0v) is 16.9. The summed E-state index contributed by atoms with van der Waals surface area (Å²) in [6.45, 7) is 2.27. The van der Waals surface area contributed by atoms with Crippen molar-refractivity contribution in [3.63, 3.8) is 0 Å². The van der Waals surface area contributed by atoms with Crippen LogP contribution < -0.4 is 5.32 Å². The maximum atomic E-state index is 12.9. The van der Waals surface area contributed by atoms with Gasteiger partial charge in [0, 0.05) is 17.0 Å². The van der Waals surface area contributed by atoms with Crippen LogP contribution in [0.15, 0.2) is 22.8 Å². The summed E-state index contributed by atoms with van der Waals surface area (Å²) in [7, 11) is 0. The summed E-state index contributed by atoms with van der Waals surface area (Å²) in [6, 6.07) is 4.75. The number of fused-ring (bicyclic) bond motifs is 2. The predicted molar refractivity (Wildman–Crippen MR) is 110 cm³/mol. The summed E-state index contributed by atoms with van der Waals surface area (Å²) >= 11 is 0. The quantitative estimate of drug-likeness (QED) is 0.797. The summed E-state index contributed by atoms with van der Waals surface area (Å²) in [6.07, 6.45) is 14.1. The van der Waals surface area contributed by atoms with Gasteiger partial charge in [-0.3, -0.25) is 4.79 Å². The van der Waals surface area contributed by atoms with Gasteiger partial charge < -0.3 is 9.73 Å². The highest BCUT2D eigenvalue weighted by atomic mass is 16.3. The highest BCUT2D eigenvalue weighted by molar-refractivity contribution is 5.88. The third-order valence-corrected chi connectivity index (χ3v) is 8.60. The second-order valence-electron chi connectivity index (χ2n) is 10.5. The van der Waals surface area contributed by atoms with Gasteiger partial charge in [-0.2, -0.15) is 0 Å². The van der Waals surface area contributed by atoms with Crippen molar-refractivity contribution >= 4 is 16.9 Å². The molecule has 0 unspecified atom stereocenters. The number of carbonyl (C=O) groups is 1. The molecule has 148 valence electrons. The van der Waals surface area contributed by atoms with Crippen LogP contribution in [0.1, 0.15) is 68.6 Å².